The summed E-state index contributed by atoms with van der Waals surface area (Å²) in [5.41, 5.74) is 0. The minimum Gasteiger partial charge on any atom is -0.475 e. The number of rotatable bonds is 25. The van der Waals surface area contributed by atoms with Crippen molar-refractivity contribution < 1.29 is 18.9 Å². The first-order valence-electron chi connectivity index (χ1n) is 12.9. The molecule has 0 unspecified atom stereocenters. The van der Waals surface area contributed by atoms with E-state index in [2.05, 4.69) is 26.8 Å². The molecule has 0 saturated heterocycles. The summed E-state index contributed by atoms with van der Waals surface area (Å²) in [6.45, 7) is 9.31. The van der Waals surface area contributed by atoms with Crippen molar-refractivity contribution in [1.29, 1.82) is 0 Å². The Morgan fingerprint density at radius 2 is 1.20 bits per heavy atom. The molecule has 0 radical (unpaired) electrons. The van der Waals surface area contributed by atoms with Crippen LogP contribution < -0.4 is 0 Å². The van der Waals surface area contributed by atoms with E-state index in [0.29, 0.717) is 6.79 Å². The van der Waals surface area contributed by atoms with Gasteiger partial charge in [0, 0.05) is 13.2 Å². The highest BCUT2D eigenvalue weighted by atomic mass is 16.7. The lowest BCUT2D eigenvalue weighted by atomic mass is 10.1. The van der Waals surface area contributed by atoms with E-state index in [1.807, 2.05) is 0 Å². The molecule has 180 valence electrons. The van der Waals surface area contributed by atoms with Crippen molar-refractivity contribution in [2.45, 2.75) is 130 Å². The zero-order chi connectivity index (χ0) is 22.0. The van der Waals surface area contributed by atoms with Crippen LogP contribution >= 0.6 is 0 Å². The summed E-state index contributed by atoms with van der Waals surface area (Å²) in [5.74, 6) is 0. The molecular formula is C26H52O4. The van der Waals surface area contributed by atoms with Crippen LogP contribution in [0.15, 0.2) is 12.3 Å². The highest BCUT2D eigenvalue weighted by Crippen LogP contribution is 2.14. The van der Waals surface area contributed by atoms with Crippen LogP contribution in [0.2, 0.25) is 0 Å². The zero-order valence-corrected chi connectivity index (χ0v) is 20.5. The second kappa shape index (κ2) is 26.5. The molecule has 0 spiro atoms. The third kappa shape index (κ3) is 23.7. The molecule has 0 amide bonds. The monoisotopic (exact) mass is 428 g/mol. The molecule has 4 heteroatoms. The normalized spacial score (nSPS) is 11.7. The van der Waals surface area contributed by atoms with Gasteiger partial charge in [-0.3, -0.25) is 0 Å². The van der Waals surface area contributed by atoms with Gasteiger partial charge in [0.25, 0.3) is 0 Å². The lowest BCUT2D eigenvalue weighted by molar-refractivity contribution is -0.146. The summed E-state index contributed by atoms with van der Waals surface area (Å²) < 4.78 is 22.3. The van der Waals surface area contributed by atoms with Gasteiger partial charge in [0.05, 0.1) is 12.9 Å². The summed E-state index contributed by atoms with van der Waals surface area (Å²) in [4.78, 5) is 0. The lowest BCUT2D eigenvalue weighted by Gasteiger charge is -2.18. The van der Waals surface area contributed by atoms with Gasteiger partial charge in [-0.1, -0.05) is 78.6 Å². The van der Waals surface area contributed by atoms with Crippen molar-refractivity contribution >= 4 is 0 Å². The first-order valence-corrected chi connectivity index (χ1v) is 12.9. The molecule has 0 aliphatic rings. The van der Waals surface area contributed by atoms with Gasteiger partial charge in [-0.15, -0.1) is 0 Å². The van der Waals surface area contributed by atoms with Crippen molar-refractivity contribution in [3.63, 3.8) is 0 Å². The summed E-state index contributed by atoms with van der Waals surface area (Å²) in [6, 6.07) is 0. The van der Waals surface area contributed by atoms with E-state index in [0.717, 1.165) is 51.9 Å². The first-order chi connectivity index (χ1) is 14.8. The van der Waals surface area contributed by atoms with Crippen molar-refractivity contribution in [3.8, 4) is 0 Å². The minimum absolute atomic E-state index is 0.0164. The van der Waals surface area contributed by atoms with Crippen molar-refractivity contribution in [1.82, 2.24) is 0 Å². The summed E-state index contributed by atoms with van der Waals surface area (Å²) >= 11 is 0. The van der Waals surface area contributed by atoms with Gasteiger partial charge in [0.15, 0.2) is 13.1 Å². The van der Waals surface area contributed by atoms with Gasteiger partial charge >= 0.3 is 0 Å². The van der Waals surface area contributed by atoms with E-state index in [-0.39, 0.29) is 6.29 Å². The first kappa shape index (κ1) is 29.4. The third-order valence-electron chi connectivity index (χ3n) is 5.06. The summed E-state index contributed by atoms with van der Waals surface area (Å²) in [7, 11) is 0. The fraction of sp³-hybridized carbons (Fsp3) is 0.923. The molecule has 0 saturated carbocycles. The Balaban J connectivity index is 3.29. The molecule has 0 atom stereocenters. The molecule has 0 aliphatic heterocycles. The Bertz CT molecular complexity index is 325. The zero-order valence-electron chi connectivity index (χ0n) is 20.5. The number of hydrogen-bond acceptors (Lipinski definition) is 4. The molecule has 0 bridgehead atoms. The molecule has 0 aromatic heterocycles. The molecule has 0 aliphatic carbocycles. The Kier molecular flexibility index (Phi) is 25.9. The number of ether oxygens (including phenoxy) is 4. The molecule has 0 N–H and O–H groups in total. The van der Waals surface area contributed by atoms with Gasteiger partial charge < -0.3 is 18.9 Å². The van der Waals surface area contributed by atoms with Gasteiger partial charge in [0.1, 0.15) is 0 Å². The maximum absolute atomic E-state index is 5.79. The highest BCUT2D eigenvalue weighted by Gasteiger charge is 2.08. The Hall–Kier alpha value is -0.580. The number of hydrogen-bond donors (Lipinski definition) is 0. The fourth-order valence-electron chi connectivity index (χ4n) is 3.26. The van der Waals surface area contributed by atoms with Gasteiger partial charge in [-0.05, 0) is 51.0 Å². The maximum Gasteiger partial charge on any atom is 0.188 e. The largest absolute Gasteiger partial charge is 0.475 e. The van der Waals surface area contributed by atoms with Crippen molar-refractivity contribution in [2.24, 2.45) is 0 Å². The standard InChI is InChI=1S/C26H52O4/c1-4-7-18-23-27-25-28-24-19-16-14-12-10-8-9-11-13-15-17-20-26(29-21-5-2)30-22-6-3/h19,24,26H,4-18,20-23,25H2,1-3H3. The van der Waals surface area contributed by atoms with Crippen LogP contribution in [0.5, 0.6) is 0 Å². The Morgan fingerprint density at radius 1 is 0.600 bits per heavy atom. The minimum atomic E-state index is 0.0164. The average Bonchev–Trinajstić information content (AvgIpc) is 2.76. The average molecular weight is 429 g/mol. The SMILES string of the molecule is CCCCCOCOC=CCCCCCCCCCCCC(OCCC)OCCC. The topological polar surface area (TPSA) is 36.9 Å². The van der Waals surface area contributed by atoms with Crippen LogP contribution in [0, 0.1) is 0 Å². The van der Waals surface area contributed by atoms with E-state index in [1.165, 1.54) is 70.6 Å². The van der Waals surface area contributed by atoms with Crippen molar-refractivity contribution in [3.05, 3.63) is 12.3 Å². The molecule has 0 aromatic carbocycles. The fourth-order valence-corrected chi connectivity index (χ4v) is 3.26. The van der Waals surface area contributed by atoms with Crippen LogP contribution in [0.25, 0.3) is 0 Å². The second-order valence-corrected chi connectivity index (χ2v) is 8.20. The molecular weight excluding hydrogens is 376 g/mol. The lowest BCUT2D eigenvalue weighted by Crippen LogP contribution is -2.18. The number of allylic oxidation sites excluding steroid dienone is 1. The van der Waals surface area contributed by atoms with E-state index in [9.17, 15) is 0 Å². The van der Waals surface area contributed by atoms with E-state index >= 15 is 0 Å². The molecule has 30 heavy (non-hydrogen) atoms. The predicted molar refractivity (Wildman–Crippen MR) is 128 cm³/mol. The van der Waals surface area contributed by atoms with Crippen molar-refractivity contribution in [2.75, 3.05) is 26.6 Å². The Morgan fingerprint density at radius 3 is 1.80 bits per heavy atom. The van der Waals surface area contributed by atoms with Crippen LogP contribution in [0.3, 0.4) is 0 Å². The highest BCUT2D eigenvalue weighted by molar-refractivity contribution is 4.72. The third-order valence-corrected chi connectivity index (χ3v) is 5.06. The Labute approximate surface area is 188 Å². The summed E-state index contributed by atoms with van der Waals surface area (Å²) in [6.07, 6.45) is 23.7. The van der Waals surface area contributed by atoms with Crippen LogP contribution in [-0.4, -0.2) is 32.9 Å². The molecule has 0 aromatic rings. The van der Waals surface area contributed by atoms with Crippen LogP contribution in [-0.2, 0) is 18.9 Å². The molecule has 4 nitrogen and oxygen atoms in total. The van der Waals surface area contributed by atoms with Gasteiger partial charge in [0.2, 0.25) is 0 Å². The quantitative estimate of drug-likeness (QED) is 0.0835. The maximum atomic E-state index is 5.79. The van der Waals surface area contributed by atoms with Gasteiger partial charge in [-0.25, -0.2) is 0 Å². The molecule has 0 heterocycles. The smallest absolute Gasteiger partial charge is 0.188 e. The van der Waals surface area contributed by atoms with Crippen LogP contribution in [0.1, 0.15) is 124 Å². The second-order valence-electron chi connectivity index (χ2n) is 8.20. The van der Waals surface area contributed by atoms with E-state index < -0.39 is 0 Å². The van der Waals surface area contributed by atoms with Crippen LogP contribution in [0.4, 0.5) is 0 Å². The predicted octanol–water partition coefficient (Wildman–Crippen LogP) is 8.15. The van der Waals surface area contributed by atoms with E-state index in [4.69, 9.17) is 18.9 Å². The molecule has 0 fully saturated rings. The van der Waals surface area contributed by atoms with E-state index in [1.54, 1.807) is 6.26 Å². The van der Waals surface area contributed by atoms with Gasteiger partial charge in [-0.2, -0.15) is 0 Å². The number of unbranched alkanes of at least 4 members (excludes halogenated alkanes) is 11. The summed E-state index contributed by atoms with van der Waals surface area (Å²) in [5, 5.41) is 0. The molecule has 0 rings (SSSR count).